The van der Waals surface area contributed by atoms with Gasteiger partial charge in [-0.1, -0.05) is 35.9 Å². The van der Waals surface area contributed by atoms with Crippen LogP contribution in [-0.2, 0) is 6.42 Å². The van der Waals surface area contributed by atoms with Crippen LogP contribution in [0, 0.1) is 13.8 Å². The van der Waals surface area contributed by atoms with E-state index in [9.17, 15) is 4.79 Å². The van der Waals surface area contributed by atoms with Crippen LogP contribution in [0.3, 0.4) is 0 Å². The number of rotatable bonds is 6. The first-order chi connectivity index (χ1) is 14.1. The van der Waals surface area contributed by atoms with Gasteiger partial charge in [0, 0.05) is 35.5 Å². The molecule has 0 saturated carbocycles. The summed E-state index contributed by atoms with van der Waals surface area (Å²) in [5, 5.41) is 7.54. The fourth-order valence-electron chi connectivity index (χ4n) is 3.49. The molecule has 5 nitrogen and oxygen atoms in total. The highest BCUT2D eigenvalue weighted by Crippen LogP contribution is 2.22. The van der Waals surface area contributed by atoms with Crippen LogP contribution in [0.25, 0.3) is 10.9 Å². The first-order valence-corrected chi connectivity index (χ1v) is 9.73. The second kappa shape index (κ2) is 8.19. The van der Waals surface area contributed by atoms with Crippen LogP contribution < -0.4 is 10.6 Å². The molecule has 146 valence electrons. The Morgan fingerprint density at radius 2 is 1.93 bits per heavy atom. The number of nitrogens with one attached hydrogen (secondary N) is 3. The highest BCUT2D eigenvalue weighted by Gasteiger charge is 2.09. The number of aromatic amines is 1. The third kappa shape index (κ3) is 4.29. The Hall–Kier alpha value is -3.60. The van der Waals surface area contributed by atoms with E-state index in [0.29, 0.717) is 12.1 Å². The van der Waals surface area contributed by atoms with Gasteiger partial charge in [0.2, 0.25) is 0 Å². The maximum atomic E-state index is 12.6. The van der Waals surface area contributed by atoms with E-state index < -0.39 is 0 Å². The van der Waals surface area contributed by atoms with Gasteiger partial charge in [-0.3, -0.25) is 9.78 Å². The Bertz CT molecular complexity index is 1160. The number of carbonyl (C=O) groups excluding carboxylic acids is 1. The van der Waals surface area contributed by atoms with Crippen LogP contribution in [0.15, 0.2) is 67.1 Å². The number of amides is 1. The summed E-state index contributed by atoms with van der Waals surface area (Å²) in [4.78, 5) is 20.1. The zero-order valence-electron chi connectivity index (χ0n) is 16.6. The Balaban J connectivity index is 1.39. The largest absolute Gasteiger partial charge is 0.361 e. The van der Waals surface area contributed by atoms with Crippen molar-refractivity contribution >= 4 is 28.2 Å². The molecule has 0 aliphatic rings. The summed E-state index contributed by atoms with van der Waals surface area (Å²) in [5.74, 6) is -0.124. The molecule has 4 aromatic rings. The lowest BCUT2D eigenvalue weighted by Gasteiger charge is -2.11. The molecule has 3 N–H and O–H groups in total. The fraction of sp³-hybridized carbons (Fsp3) is 0.167. The number of fused-ring (bicyclic) bond motifs is 1. The number of para-hydroxylation sites is 1. The highest BCUT2D eigenvalue weighted by atomic mass is 16.1. The molecule has 0 fully saturated rings. The van der Waals surface area contributed by atoms with Gasteiger partial charge in [0.1, 0.15) is 0 Å². The molecular formula is C24H24N4O. The van der Waals surface area contributed by atoms with Gasteiger partial charge in [-0.2, -0.15) is 0 Å². The van der Waals surface area contributed by atoms with Gasteiger partial charge in [0.05, 0.1) is 17.4 Å². The first-order valence-electron chi connectivity index (χ1n) is 9.73. The first kappa shape index (κ1) is 18.7. The number of aromatic nitrogens is 2. The van der Waals surface area contributed by atoms with Gasteiger partial charge in [0.15, 0.2) is 0 Å². The SMILES string of the molecule is Cc1ccc(Nc2cncc(C(=O)NCCc3c[nH]c4ccccc34)c2)c(C)c1. The lowest BCUT2D eigenvalue weighted by Crippen LogP contribution is -2.25. The van der Waals surface area contributed by atoms with Crippen molar-refractivity contribution in [2.75, 3.05) is 11.9 Å². The summed E-state index contributed by atoms with van der Waals surface area (Å²) in [6, 6.07) is 16.2. The molecule has 0 bridgehead atoms. The van der Waals surface area contributed by atoms with E-state index in [-0.39, 0.29) is 5.91 Å². The average Bonchev–Trinajstić information content (AvgIpc) is 3.13. The van der Waals surface area contributed by atoms with Crippen LogP contribution in [0.2, 0.25) is 0 Å². The van der Waals surface area contributed by atoms with E-state index in [1.165, 1.54) is 16.5 Å². The van der Waals surface area contributed by atoms with Gasteiger partial charge in [-0.25, -0.2) is 0 Å². The summed E-state index contributed by atoms with van der Waals surface area (Å²) in [6.07, 6.45) is 6.09. The number of anilines is 2. The Morgan fingerprint density at radius 1 is 1.07 bits per heavy atom. The number of benzene rings is 2. The van der Waals surface area contributed by atoms with Crippen molar-refractivity contribution in [2.24, 2.45) is 0 Å². The van der Waals surface area contributed by atoms with Crippen LogP contribution in [0.1, 0.15) is 27.0 Å². The fourth-order valence-corrected chi connectivity index (χ4v) is 3.49. The Morgan fingerprint density at radius 3 is 2.79 bits per heavy atom. The normalized spacial score (nSPS) is 10.8. The van der Waals surface area contributed by atoms with Crippen molar-refractivity contribution in [3.05, 3.63) is 89.4 Å². The molecule has 0 unspecified atom stereocenters. The molecule has 0 saturated heterocycles. The van der Waals surface area contributed by atoms with E-state index in [0.717, 1.165) is 28.9 Å². The highest BCUT2D eigenvalue weighted by molar-refractivity contribution is 5.95. The minimum atomic E-state index is -0.124. The summed E-state index contributed by atoms with van der Waals surface area (Å²) in [7, 11) is 0. The van der Waals surface area contributed by atoms with E-state index >= 15 is 0 Å². The number of hydrogen-bond acceptors (Lipinski definition) is 3. The van der Waals surface area contributed by atoms with Crippen LogP contribution in [-0.4, -0.2) is 22.4 Å². The smallest absolute Gasteiger partial charge is 0.252 e. The Kier molecular flexibility index (Phi) is 5.29. The maximum absolute atomic E-state index is 12.6. The average molecular weight is 384 g/mol. The molecule has 29 heavy (non-hydrogen) atoms. The van der Waals surface area contributed by atoms with Crippen molar-refractivity contribution in [2.45, 2.75) is 20.3 Å². The molecule has 0 aliphatic heterocycles. The second-order valence-corrected chi connectivity index (χ2v) is 7.27. The van der Waals surface area contributed by atoms with E-state index in [2.05, 4.69) is 58.7 Å². The number of H-pyrrole nitrogens is 1. The maximum Gasteiger partial charge on any atom is 0.252 e. The summed E-state index contributed by atoms with van der Waals surface area (Å²) in [5.41, 5.74) is 7.02. The summed E-state index contributed by atoms with van der Waals surface area (Å²) < 4.78 is 0. The van der Waals surface area contributed by atoms with Gasteiger partial charge in [-0.05, 0) is 49.6 Å². The molecule has 2 aromatic carbocycles. The minimum absolute atomic E-state index is 0.124. The molecule has 0 radical (unpaired) electrons. The van der Waals surface area contributed by atoms with Gasteiger partial charge < -0.3 is 15.6 Å². The summed E-state index contributed by atoms with van der Waals surface area (Å²) >= 11 is 0. The molecule has 0 aliphatic carbocycles. The van der Waals surface area contributed by atoms with Gasteiger partial charge in [-0.15, -0.1) is 0 Å². The predicted octanol–water partition coefficient (Wildman–Crippen LogP) is 4.90. The molecule has 0 atom stereocenters. The Labute approximate surface area is 170 Å². The van der Waals surface area contributed by atoms with E-state index in [1.807, 2.05) is 30.5 Å². The van der Waals surface area contributed by atoms with Gasteiger partial charge >= 0.3 is 0 Å². The summed E-state index contributed by atoms with van der Waals surface area (Å²) in [6.45, 7) is 4.69. The molecule has 4 rings (SSSR count). The van der Waals surface area contributed by atoms with E-state index in [1.54, 1.807) is 12.4 Å². The van der Waals surface area contributed by atoms with Crippen molar-refractivity contribution < 1.29 is 4.79 Å². The van der Waals surface area contributed by atoms with Crippen molar-refractivity contribution in [1.82, 2.24) is 15.3 Å². The van der Waals surface area contributed by atoms with Gasteiger partial charge in [0.25, 0.3) is 5.91 Å². The van der Waals surface area contributed by atoms with Crippen LogP contribution in [0.5, 0.6) is 0 Å². The molecular weight excluding hydrogens is 360 g/mol. The number of pyridine rings is 1. The second-order valence-electron chi connectivity index (χ2n) is 7.27. The number of nitrogens with zero attached hydrogens (tertiary/aromatic N) is 1. The number of hydrogen-bond donors (Lipinski definition) is 3. The monoisotopic (exact) mass is 384 g/mol. The number of aryl methyl sites for hydroxylation is 2. The third-order valence-electron chi connectivity index (χ3n) is 5.02. The van der Waals surface area contributed by atoms with Crippen molar-refractivity contribution in [3.8, 4) is 0 Å². The van der Waals surface area contributed by atoms with Crippen LogP contribution >= 0.6 is 0 Å². The molecule has 0 spiro atoms. The van der Waals surface area contributed by atoms with Crippen molar-refractivity contribution in [1.29, 1.82) is 0 Å². The topological polar surface area (TPSA) is 69.8 Å². The molecule has 2 heterocycles. The quantitative estimate of drug-likeness (QED) is 0.443. The van der Waals surface area contributed by atoms with E-state index in [4.69, 9.17) is 0 Å². The third-order valence-corrected chi connectivity index (χ3v) is 5.02. The predicted molar refractivity (Wildman–Crippen MR) is 118 cm³/mol. The van der Waals surface area contributed by atoms with Crippen LogP contribution in [0.4, 0.5) is 11.4 Å². The van der Waals surface area contributed by atoms with Crippen molar-refractivity contribution in [3.63, 3.8) is 0 Å². The lowest BCUT2D eigenvalue weighted by atomic mass is 10.1. The molecule has 2 aromatic heterocycles. The molecule has 1 amide bonds. The zero-order valence-corrected chi connectivity index (χ0v) is 16.6. The standard InChI is InChI=1S/C24H24N4O/c1-16-7-8-22(17(2)11-16)28-20-12-19(13-25-15-20)24(29)26-10-9-18-14-27-23-6-4-3-5-21(18)23/h3-8,11-15,27-28H,9-10H2,1-2H3,(H,26,29). The molecule has 5 heteroatoms. The lowest BCUT2D eigenvalue weighted by molar-refractivity contribution is 0.0954. The number of carbonyl (C=O) groups is 1. The zero-order chi connectivity index (χ0) is 20.2. The minimum Gasteiger partial charge on any atom is -0.361 e.